The van der Waals surface area contributed by atoms with Crippen LogP contribution in [0.5, 0.6) is 0 Å². The molecule has 3 aromatic carbocycles. The molecule has 11 heterocycles. The van der Waals surface area contributed by atoms with E-state index in [0.717, 1.165) is 73.7 Å². The zero-order chi connectivity index (χ0) is 74.6. The van der Waals surface area contributed by atoms with Crippen LogP contribution >= 0.6 is 31.9 Å². The van der Waals surface area contributed by atoms with Gasteiger partial charge in [-0.3, -0.25) is 29.9 Å². The molecule has 0 aliphatic rings. The van der Waals surface area contributed by atoms with Crippen molar-refractivity contribution < 1.29 is 75.0 Å². The average molecular weight is 1760 g/mol. The van der Waals surface area contributed by atoms with Gasteiger partial charge in [-0.2, -0.15) is 41.3 Å². The summed E-state index contributed by atoms with van der Waals surface area (Å²) >= 11 is 6.95. The third-order valence-corrected chi connectivity index (χ3v) is 17.7. The molecule has 0 spiro atoms. The molecule has 14 rings (SSSR count). The van der Waals surface area contributed by atoms with E-state index < -0.39 is 88.3 Å². The van der Waals surface area contributed by atoms with Crippen LogP contribution in [0.2, 0.25) is 0 Å². The normalized spacial score (nSPS) is 11.1. The van der Waals surface area contributed by atoms with Crippen LogP contribution in [-0.2, 0) is 37.3 Å². The molecular weight excluding hydrogens is 1700 g/mol. The second kappa shape index (κ2) is 35.6. The minimum atomic E-state index is -1.96. The molecular formula is C80H56BBr2F10N11O2Pt. The molecule has 0 saturated carbocycles. The van der Waals surface area contributed by atoms with E-state index in [9.17, 15) is 43.9 Å². The summed E-state index contributed by atoms with van der Waals surface area (Å²) in [7, 11) is -1.96. The maximum Gasteiger partial charge on any atom is 2.00 e. The Kier molecular flexibility index (Phi) is 26.7. The number of halogens is 12. The van der Waals surface area contributed by atoms with Crippen LogP contribution in [0, 0.1) is 71.6 Å². The first kappa shape index (κ1) is 80.3. The molecule has 0 atom stereocenters. The molecule has 0 bridgehead atoms. The van der Waals surface area contributed by atoms with Crippen LogP contribution < -0.4 is 5.46 Å². The summed E-state index contributed by atoms with van der Waals surface area (Å²) in [6.07, 6.45) is 0. The zero-order valence-corrected chi connectivity index (χ0v) is 60.9. The van der Waals surface area contributed by atoms with Gasteiger partial charge in [0.25, 0.3) is 0 Å². The minimum absolute atomic E-state index is 0. The Bertz CT molecular complexity index is 4940. The van der Waals surface area contributed by atoms with Gasteiger partial charge in [0.15, 0.2) is 0 Å². The first-order valence-electron chi connectivity index (χ1n) is 31.6. The monoisotopic (exact) mass is 1760 g/mol. The quantitative estimate of drug-likeness (QED) is 0.0454. The zero-order valence-electron chi connectivity index (χ0n) is 55.4. The van der Waals surface area contributed by atoms with Gasteiger partial charge in [0.1, 0.15) is 33.0 Å². The molecule has 0 aliphatic carbocycles. The van der Waals surface area contributed by atoms with Gasteiger partial charge in [0, 0.05) is 16.9 Å². The molecule has 0 amide bonds. The largest absolute Gasteiger partial charge is 2.00 e. The molecule has 2 N–H and O–H groups in total. The molecule has 107 heavy (non-hydrogen) atoms. The number of pyridine rings is 11. The summed E-state index contributed by atoms with van der Waals surface area (Å²) in [5.41, 5.74) is 4.84. The van der Waals surface area contributed by atoms with Crippen molar-refractivity contribution in [3.8, 4) is 45.0 Å². The Morgan fingerprint density at radius 1 is 0.299 bits per heavy atom. The Hall–Kier alpha value is -10.8. The van der Waals surface area contributed by atoms with Gasteiger partial charge in [-0.25, -0.2) is 27.5 Å². The maximum absolute atomic E-state index is 14.4. The number of hydrogen-bond donors (Lipinski definition) is 2. The van der Waals surface area contributed by atoms with Gasteiger partial charge >= 0.3 is 28.2 Å². The third-order valence-electron chi connectivity index (χ3n) is 16.9. The van der Waals surface area contributed by atoms with Crippen LogP contribution in [-0.4, -0.2) is 72.0 Å². The van der Waals surface area contributed by atoms with Crippen molar-refractivity contribution in [1.29, 1.82) is 0 Å². The number of rotatable bonds is 14. The Morgan fingerprint density at radius 2 is 0.579 bits per heavy atom. The standard InChI is InChI=1S/C28H18F4N4.C28H16F4N4.C18H14Br2N2.C5H4BF2NO2.CH4.Pt/c2*1-28(17-7-3-2-4-8-17,22-11-5-9-20(33-22)18-13-15-24(29)35-26(18)31)23-12-6-10-21(34-23)19-14-16-25(30)36-27(19)32;1-18(13-7-3-2-4-8-13,14-9-5-11-16(19)21-14)15-10-6-12-17(20)22-15;7-4-2-1-3(6(10)11)5(8)9-4;;/h2-16H,1H3;2-12,15-16H,1H3;2-12H,1H3;1-2,10-11H;1H4;/q;-2;;;;+2. The molecule has 14 aromatic rings. The SMILES string of the molecule is C.CC(c1ccccc1)(c1cccc(-c2[c-]cc(F)nc2F)n1)c1cccc(-c2[c-]cc(F)nc2F)n1.CC(c1ccccc1)(c1cccc(-c2ccc(F)nc2F)n1)c1cccc(-c2ccc(F)nc2F)n1.CC(c1ccccc1)(c1cccc(Br)n1)c1cccc(Br)n1.OB(O)c1ccc(F)nc1F.[Pt+2]. The van der Waals surface area contributed by atoms with E-state index in [-0.39, 0.29) is 73.5 Å². The van der Waals surface area contributed by atoms with E-state index in [2.05, 4.69) is 108 Å². The average Bonchev–Trinajstić information content (AvgIpc) is 0.765. The first-order valence-corrected chi connectivity index (χ1v) is 33.2. The van der Waals surface area contributed by atoms with Crippen molar-refractivity contribution in [2.75, 3.05) is 0 Å². The summed E-state index contributed by atoms with van der Waals surface area (Å²) < 4.78 is 137. The van der Waals surface area contributed by atoms with Crippen molar-refractivity contribution in [2.24, 2.45) is 0 Å². The number of nitrogens with zero attached hydrogens (tertiary/aromatic N) is 11. The second-order valence-electron chi connectivity index (χ2n) is 23.4. The summed E-state index contributed by atoms with van der Waals surface area (Å²) in [6.45, 7) is 5.94. The molecule has 0 saturated heterocycles. The van der Waals surface area contributed by atoms with Gasteiger partial charge in [-0.05, 0) is 172 Å². The van der Waals surface area contributed by atoms with Crippen LogP contribution in [0.3, 0.4) is 0 Å². The predicted molar refractivity (Wildman–Crippen MR) is 388 cm³/mol. The van der Waals surface area contributed by atoms with Gasteiger partial charge in [-0.15, -0.1) is 12.1 Å². The fourth-order valence-electron chi connectivity index (χ4n) is 11.3. The van der Waals surface area contributed by atoms with Crippen LogP contribution in [0.1, 0.15) is 79.1 Å². The fraction of sp³-hybridized carbons (Fsp3) is 0.0875. The Balaban J connectivity index is 0.000000175. The molecule has 13 nitrogen and oxygen atoms in total. The first-order chi connectivity index (χ1) is 50.4. The maximum atomic E-state index is 14.4. The molecule has 27 heteroatoms. The van der Waals surface area contributed by atoms with Crippen molar-refractivity contribution in [1.82, 2.24) is 54.8 Å². The van der Waals surface area contributed by atoms with Gasteiger partial charge in [0.05, 0.1) is 61.5 Å². The number of hydrogen-bond acceptors (Lipinski definition) is 13. The van der Waals surface area contributed by atoms with E-state index in [1.54, 1.807) is 72.8 Å². The van der Waals surface area contributed by atoms with Crippen LogP contribution in [0.4, 0.5) is 43.9 Å². The summed E-state index contributed by atoms with van der Waals surface area (Å²) in [6, 6.07) is 74.8. The van der Waals surface area contributed by atoms with E-state index >= 15 is 0 Å². The summed E-state index contributed by atoms with van der Waals surface area (Å²) in [5, 5.41) is 16.9. The number of benzene rings is 3. The van der Waals surface area contributed by atoms with Gasteiger partial charge in [-0.1, -0.05) is 176 Å². The second-order valence-corrected chi connectivity index (χ2v) is 25.0. The van der Waals surface area contributed by atoms with Crippen LogP contribution in [0.25, 0.3) is 45.0 Å². The van der Waals surface area contributed by atoms with Gasteiger partial charge < -0.3 is 10.0 Å². The van der Waals surface area contributed by atoms with E-state index in [0.29, 0.717) is 22.8 Å². The minimum Gasteiger partial charge on any atom is -0.423 e. The van der Waals surface area contributed by atoms with Crippen molar-refractivity contribution in [3.05, 3.63) is 380 Å². The fourth-order valence-corrected chi connectivity index (χ4v) is 12.0. The molecule has 0 fully saturated rings. The molecule has 0 radical (unpaired) electrons. The predicted octanol–water partition coefficient (Wildman–Crippen LogP) is 17.7. The van der Waals surface area contributed by atoms with Crippen molar-refractivity contribution in [3.63, 3.8) is 0 Å². The summed E-state index contributed by atoms with van der Waals surface area (Å²) in [5.74, 6) is -10.0. The summed E-state index contributed by atoms with van der Waals surface area (Å²) in [4.78, 5) is 43.9. The molecule has 0 aliphatic heterocycles. The molecule has 11 aromatic heterocycles. The topological polar surface area (TPSA) is 182 Å². The number of aromatic nitrogens is 11. The van der Waals surface area contributed by atoms with E-state index in [1.165, 1.54) is 12.1 Å². The Labute approximate surface area is 639 Å². The van der Waals surface area contributed by atoms with E-state index in [1.807, 2.05) is 129 Å². The third kappa shape index (κ3) is 18.4. The van der Waals surface area contributed by atoms with Crippen molar-refractivity contribution in [2.45, 2.75) is 44.4 Å². The smallest absolute Gasteiger partial charge is 0.423 e. The Morgan fingerprint density at radius 3 is 0.879 bits per heavy atom. The van der Waals surface area contributed by atoms with Gasteiger partial charge in [0.2, 0.25) is 35.7 Å². The van der Waals surface area contributed by atoms with Crippen LogP contribution in [0.15, 0.2) is 258 Å². The van der Waals surface area contributed by atoms with E-state index in [4.69, 9.17) is 20.0 Å². The molecule has 540 valence electrons. The molecule has 0 unspecified atom stereocenters. The van der Waals surface area contributed by atoms with Crippen molar-refractivity contribution >= 4 is 44.4 Å².